The highest BCUT2D eigenvalue weighted by Gasteiger charge is 2.33. The number of nitrogens with zero attached hydrogens (tertiary/aromatic N) is 2. The number of hydrogen-bond acceptors (Lipinski definition) is 3. The minimum Gasteiger partial charge on any atom is -0.332 e. The number of hydrogen-bond donors (Lipinski definition) is 0. The molecular formula is C17H14N2O3. The van der Waals surface area contributed by atoms with Crippen LogP contribution in [0.25, 0.3) is 0 Å². The van der Waals surface area contributed by atoms with Gasteiger partial charge in [0.2, 0.25) is 0 Å². The van der Waals surface area contributed by atoms with Crippen LogP contribution in [0.4, 0.5) is 5.69 Å². The van der Waals surface area contributed by atoms with Crippen LogP contribution < -0.4 is 4.90 Å². The van der Waals surface area contributed by atoms with E-state index >= 15 is 0 Å². The smallest absolute Gasteiger partial charge is 0.265 e. The van der Waals surface area contributed by atoms with Gasteiger partial charge in [0.1, 0.15) is 6.54 Å². The largest absolute Gasteiger partial charge is 0.332 e. The van der Waals surface area contributed by atoms with Crippen LogP contribution in [0.2, 0.25) is 0 Å². The van der Waals surface area contributed by atoms with Gasteiger partial charge >= 0.3 is 0 Å². The normalized spacial score (nSPS) is 14.6. The maximum absolute atomic E-state index is 12.7. The summed E-state index contributed by atoms with van der Waals surface area (Å²) in [4.78, 5) is 39.9. The van der Waals surface area contributed by atoms with Crippen molar-refractivity contribution in [1.29, 1.82) is 0 Å². The molecule has 0 saturated heterocycles. The first-order valence-corrected chi connectivity index (χ1v) is 6.86. The Morgan fingerprint density at radius 3 is 2.32 bits per heavy atom. The van der Waals surface area contributed by atoms with Crippen LogP contribution in [0, 0.1) is 0 Å². The van der Waals surface area contributed by atoms with Crippen LogP contribution in [0.5, 0.6) is 0 Å². The summed E-state index contributed by atoms with van der Waals surface area (Å²) in [7, 11) is 1.55. The molecule has 22 heavy (non-hydrogen) atoms. The van der Waals surface area contributed by atoms with Crippen molar-refractivity contribution in [2.24, 2.45) is 0 Å². The molecule has 3 amide bonds. The van der Waals surface area contributed by atoms with Gasteiger partial charge in [-0.05, 0) is 24.3 Å². The predicted molar refractivity (Wildman–Crippen MR) is 81.7 cm³/mol. The van der Waals surface area contributed by atoms with Crippen LogP contribution in [-0.4, -0.2) is 36.2 Å². The lowest BCUT2D eigenvalue weighted by Gasteiger charge is -2.20. The zero-order chi connectivity index (χ0) is 15.7. The average Bonchev–Trinajstić information content (AvgIpc) is 2.64. The summed E-state index contributed by atoms with van der Waals surface area (Å²) in [5.41, 5.74) is 1.08. The summed E-state index contributed by atoms with van der Waals surface area (Å²) in [5.74, 6) is -1.12. The van der Waals surface area contributed by atoms with E-state index in [1.807, 2.05) is 0 Å². The molecule has 0 fully saturated rings. The van der Waals surface area contributed by atoms with E-state index in [1.165, 1.54) is 4.90 Å². The van der Waals surface area contributed by atoms with Gasteiger partial charge in [-0.15, -0.1) is 0 Å². The number of carbonyl (C=O) groups is 3. The van der Waals surface area contributed by atoms with E-state index in [1.54, 1.807) is 61.6 Å². The molecule has 0 saturated carbocycles. The van der Waals surface area contributed by atoms with Gasteiger partial charge in [-0.1, -0.05) is 30.3 Å². The van der Waals surface area contributed by atoms with Crippen LogP contribution in [0.15, 0.2) is 54.6 Å². The van der Waals surface area contributed by atoms with Gasteiger partial charge in [0, 0.05) is 12.6 Å². The first kappa shape index (κ1) is 14.0. The molecule has 0 N–H and O–H groups in total. The topological polar surface area (TPSA) is 57.7 Å². The number of benzene rings is 2. The van der Waals surface area contributed by atoms with Crippen molar-refractivity contribution in [1.82, 2.24) is 4.90 Å². The lowest BCUT2D eigenvalue weighted by Crippen LogP contribution is -2.41. The second kappa shape index (κ2) is 5.44. The summed E-state index contributed by atoms with van der Waals surface area (Å²) in [6, 6.07) is 15.2. The first-order chi connectivity index (χ1) is 10.6. The zero-order valence-corrected chi connectivity index (χ0v) is 12.0. The number of anilines is 1. The number of para-hydroxylation sites is 1. The Bertz CT molecular complexity index is 756. The maximum atomic E-state index is 12.7. The maximum Gasteiger partial charge on any atom is 0.265 e. The molecule has 0 radical (unpaired) electrons. The Labute approximate surface area is 127 Å². The number of fused-ring (bicyclic) bond motifs is 1. The summed E-state index contributed by atoms with van der Waals surface area (Å²) in [5, 5.41) is 0. The number of rotatable bonds is 1. The Morgan fingerprint density at radius 2 is 1.59 bits per heavy atom. The Hall–Kier alpha value is -2.95. The molecule has 0 unspecified atom stereocenters. The van der Waals surface area contributed by atoms with E-state index in [4.69, 9.17) is 0 Å². The monoisotopic (exact) mass is 294 g/mol. The van der Waals surface area contributed by atoms with Crippen LogP contribution in [-0.2, 0) is 4.79 Å². The molecule has 1 heterocycles. The molecular weight excluding hydrogens is 280 g/mol. The van der Waals surface area contributed by atoms with Crippen molar-refractivity contribution >= 4 is 23.4 Å². The zero-order valence-electron chi connectivity index (χ0n) is 12.0. The van der Waals surface area contributed by atoms with Crippen molar-refractivity contribution in [2.75, 3.05) is 18.5 Å². The van der Waals surface area contributed by atoms with Gasteiger partial charge in [-0.2, -0.15) is 0 Å². The lowest BCUT2D eigenvalue weighted by molar-refractivity contribution is -0.118. The second-order valence-electron chi connectivity index (χ2n) is 5.08. The summed E-state index contributed by atoms with van der Waals surface area (Å²) >= 11 is 0. The molecule has 3 rings (SSSR count). The number of imide groups is 1. The molecule has 0 aliphatic carbocycles. The van der Waals surface area contributed by atoms with E-state index in [9.17, 15) is 14.4 Å². The molecule has 0 atom stereocenters. The molecule has 1 aliphatic heterocycles. The standard InChI is InChI=1S/C17H14N2O3/c1-18-11-15(20)19(16(21)12-7-3-2-4-8-12)14-10-6-5-9-13(14)17(18)22/h2-10H,11H2,1H3. The molecule has 1 aliphatic rings. The average molecular weight is 294 g/mol. The third-order valence-electron chi connectivity index (χ3n) is 3.57. The second-order valence-corrected chi connectivity index (χ2v) is 5.08. The summed E-state index contributed by atoms with van der Waals surface area (Å²) in [6.45, 7) is -0.133. The molecule has 110 valence electrons. The minimum absolute atomic E-state index is 0.133. The highest BCUT2D eigenvalue weighted by molar-refractivity contribution is 6.25. The van der Waals surface area contributed by atoms with Gasteiger partial charge in [-0.25, -0.2) is 4.90 Å². The molecule has 2 aromatic carbocycles. The van der Waals surface area contributed by atoms with Gasteiger partial charge in [0.05, 0.1) is 11.3 Å². The van der Waals surface area contributed by atoms with Crippen molar-refractivity contribution in [2.45, 2.75) is 0 Å². The predicted octanol–water partition coefficient (Wildman–Crippen LogP) is 1.95. The van der Waals surface area contributed by atoms with E-state index < -0.39 is 11.8 Å². The van der Waals surface area contributed by atoms with E-state index in [2.05, 4.69) is 0 Å². The number of carbonyl (C=O) groups excluding carboxylic acids is 3. The molecule has 0 spiro atoms. The fourth-order valence-electron chi connectivity index (χ4n) is 2.47. The Kier molecular flexibility index (Phi) is 3.47. The SMILES string of the molecule is CN1CC(=O)N(C(=O)c2ccccc2)c2ccccc2C1=O. The Balaban J connectivity index is 2.14. The lowest BCUT2D eigenvalue weighted by atomic mass is 10.1. The summed E-state index contributed by atoms with van der Waals surface area (Å²) < 4.78 is 0. The van der Waals surface area contributed by atoms with Gasteiger partial charge in [0.15, 0.2) is 0 Å². The van der Waals surface area contributed by atoms with Gasteiger partial charge in [0.25, 0.3) is 17.7 Å². The third kappa shape index (κ3) is 2.26. The van der Waals surface area contributed by atoms with Crippen LogP contribution in [0.3, 0.4) is 0 Å². The van der Waals surface area contributed by atoms with Crippen molar-refractivity contribution in [3.05, 3.63) is 65.7 Å². The molecule has 0 bridgehead atoms. The first-order valence-electron chi connectivity index (χ1n) is 6.86. The number of likely N-dealkylation sites (N-methyl/N-ethyl adjacent to an activating group) is 1. The minimum atomic E-state index is -0.429. The quantitative estimate of drug-likeness (QED) is 0.755. The fraction of sp³-hybridized carbons (Fsp3) is 0.118. The number of amides is 3. The van der Waals surface area contributed by atoms with E-state index in [0.717, 1.165) is 4.90 Å². The highest BCUT2D eigenvalue weighted by atomic mass is 16.2. The van der Waals surface area contributed by atoms with E-state index in [0.29, 0.717) is 16.8 Å². The van der Waals surface area contributed by atoms with Crippen molar-refractivity contribution < 1.29 is 14.4 Å². The Morgan fingerprint density at radius 1 is 0.955 bits per heavy atom. The van der Waals surface area contributed by atoms with E-state index in [-0.39, 0.29) is 12.5 Å². The fourth-order valence-corrected chi connectivity index (χ4v) is 2.47. The molecule has 2 aromatic rings. The van der Waals surface area contributed by atoms with Gasteiger partial charge < -0.3 is 4.90 Å². The van der Waals surface area contributed by atoms with Gasteiger partial charge in [-0.3, -0.25) is 14.4 Å². The molecule has 5 heteroatoms. The third-order valence-corrected chi connectivity index (χ3v) is 3.57. The van der Waals surface area contributed by atoms with Crippen molar-refractivity contribution in [3.63, 3.8) is 0 Å². The van der Waals surface area contributed by atoms with Crippen molar-refractivity contribution in [3.8, 4) is 0 Å². The summed E-state index contributed by atoms with van der Waals surface area (Å²) in [6.07, 6.45) is 0. The van der Waals surface area contributed by atoms with Crippen LogP contribution in [0.1, 0.15) is 20.7 Å². The molecule has 5 nitrogen and oxygen atoms in total. The molecule has 0 aromatic heterocycles. The van der Waals surface area contributed by atoms with Crippen LogP contribution >= 0.6 is 0 Å². The highest BCUT2D eigenvalue weighted by Crippen LogP contribution is 2.26.